The van der Waals surface area contributed by atoms with E-state index in [1.807, 2.05) is 19.9 Å². The van der Waals surface area contributed by atoms with Gasteiger partial charge in [-0.2, -0.15) is 10.1 Å². The largest absolute Gasteiger partial charge is 0.472 e. The third kappa shape index (κ3) is 4.08. The highest BCUT2D eigenvalue weighted by Gasteiger charge is 2.29. The van der Waals surface area contributed by atoms with E-state index in [0.717, 1.165) is 0 Å². The van der Waals surface area contributed by atoms with Gasteiger partial charge < -0.3 is 4.74 Å². The van der Waals surface area contributed by atoms with Crippen LogP contribution >= 0.6 is 23.2 Å². The molecule has 4 aromatic rings. The topological polar surface area (TPSA) is 127 Å². The van der Waals surface area contributed by atoms with Gasteiger partial charge in [-0.15, -0.1) is 5.10 Å². The van der Waals surface area contributed by atoms with Crippen molar-refractivity contribution in [1.29, 1.82) is 0 Å². The maximum Gasteiger partial charge on any atom is 0.353 e. The minimum atomic E-state index is -0.469. The van der Waals surface area contributed by atoms with E-state index in [4.69, 9.17) is 27.9 Å². The molecule has 166 valence electrons. The van der Waals surface area contributed by atoms with Crippen LogP contribution in [0, 0.1) is 17.0 Å². The molecule has 0 aliphatic carbocycles. The molecule has 11 nitrogen and oxygen atoms in total. The lowest BCUT2D eigenvalue weighted by Gasteiger charge is -2.06. The van der Waals surface area contributed by atoms with Crippen molar-refractivity contribution >= 4 is 39.9 Å². The Morgan fingerprint density at radius 3 is 2.78 bits per heavy atom. The number of pyridine rings is 1. The van der Waals surface area contributed by atoms with Crippen LogP contribution in [0.15, 0.2) is 24.5 Å². The van der Waals surface area contributed by atoms with Crippen molar-refractivity contribution < 1.29 is 9.66 Å². The van der Waals surface area contributed by atoms with E-state index in [2.05, 4.69) is 25.1 Å². The lowest BCUT2D eigenvalue weighted by Crippen LogP contribution is -2.07. The zero-order valence-corrected chi connectivity index (χ0v) is 18.7. The summed E-state index contributed by atoms with van der Waals surface area (Å²) in [5, 5.41) is 21.3. The van der Waals surface area contributed by atoms with Crippen molar-refractivity contribution in [2.24, 2.45) is 0 Å². The molecule has 0 N–H and O–H groups in total. The quantitative estimate of drug-likeness (QED) is 0.162. The number of ether oxygens (including phenoxy) is 1. The van der Waals surface area contributed by atoms with Crippen LogP contribution in [0.1, 0.15) is 24.7 Å². The highest BCUT2D eigenvalue weighted by Crippen LogP contribution is 2.33. The average Bonchev–Trinajstić information content (AvgIpc) is 3.28. The molecule has 0 aromatic carbocycles. The molecular weight excluding hydrogens is 459 g/mol. The third-order valence-electron chi connectivity index (χ3n) is 4.81. The molecule has 0 saturated carbocycles. The molecule has 0 saturated heterocycles. The van der Waals surface area contributed by atoms with Crippen molar-refractivity contribution in [3.05, 3.63) is 56.5 Å². The maximum atomic E-state index is 11.8. The molecule has 4 heterocycles. The Morgan fingerprint density at radius 1 is 1.25 bits per heavy atom. The molecule has 13 heteroatoms. The first kappa shape index (κ1) is 21.9. The van der Waals surface area contributed by atoms with E-state index >= 15 is 0 Å². The Balaban J connectivity index is 1.54. The summed E-state index contributed by atoms with van der Waals surface area (Å²) < 4.78 is 8.84. The van der Waals surface area contributed by atoms with E-state index in [1.165, 1.54) is 10.9 Å². The number of hydrogen-bond acceptors (Lipinski definition) is 8. The van der Waals surface area contributed by atoms with Gasteiger partial charge in [0.25, 0.3) is 0 Å². The number of rotatable bonds is 8. The van der Waals surface area contributed by atoms with Gasteiger partial charge in [-0.05, 0) is 37.1 Å². The molecule has 0 aliphatic heterocycles. The van der Waals surface area contributed by atoms with Crippen molar-refractivity contribution in [1.82, 2.24) is 34.5 Å². The monoisotopic (exact) mass is 476 g/mol. The first-order valence-electron chi connectivity index (χ1n) is 9.76. The van der Waals surface area contributed by atoms with Crippen LogP contribution in [-0.4, -0.2) is 46.0 Å². The van der Waals surface area contributed by atoms with Gasteiger partial charge in [0.15, 0.2) is 10.8 Å². The normalized spacial score (nSPS) is 11.2. The number of fused-ring (bicyclic) bond motifs is 1. The van der Waals surface area contributed by atoms with Gasteiger partial charge in [-0.25, -0.2) is 14.3 Å². The minimum absolute atomic E-state index is 0.0381. The lowest BCUT2D eigenvalue weighted by molar-refractivity contribution is -0.386. The van der Waals surface area contributed by atoms with Gasteiger partial charge in [0.05, 0.1) is 28.3 Å². The summed E-state index contributed by atoms with van der Waals surface area (Å²) in [5.41, 5.74) is 2.16. The second-order valence-corrected chi connectivity index (χ2v) is 7.52. The van der Waals surface area contributed by atoms with Crippen LogP contribution in [0.25, 0.3) is 16.7 Å². The van der Waals surface area contributed by atoms with Gasteiger partial charge in [0.2, 0.25) is 5.28 Å². The molecule has 0 unspecified atom stereocenters. The van der Waals surface area contributed by atoms with E-state index in [9.17, 15) is 10.1 Å². The molecule has 32 heavy (non-hydrogen) atoms. The van der Waals surface area contributed by atoms with Crippen molar-refractivity contribution in [2.75, 3.05) is 6.61 Å². The van der Waals surface area contributed by atoms with Crippen LogP contribution in [0.2, 0.25) is 10.4 Å². The Bertz CT molecular complexity index is 1300. The van der Waals surface area contributed by atoms with Crippen molar-refractivity contribution in [3.63, 3.8) is 0 Å². The van der Waals surface area contributed by atoms with E-state index in [-0.39, 0.29) is 28.6 Å². The fraction of sp³-hybridized carbons (Fsp3) is 0.316. The Labute approximate surface area is 192 Å². The van der Waals surface area contributed by atoms with Gasteiger partial charge in [-0.1, -0.05) is 18.5 Å². The number of hydrogen-bond donors (Lipinski definition) is 0. The van der Waals surface area contributed by atoms with Crippen molar-refractivity contribution in [2.45, 2.75) is 33.2 Å². The predicted molar refractivity (Wildman–Crippen MR) is 118 cm³/mol. The van der Waals surface area contributed by atoms with Crippen LogP contribution in [-0.2, 0) is 13.0 Å². The van der Waals surface area contributed by atoms with Gasteiger partial charge in [-0.3, -0.25) is 15.1 Å². The summed E-state index contributed by atoms with van der Waals surface area (Å²) in [7, 11) is 0. The molecule has 0 atom stereocenters. The molecular formula is C19H18Cl2N8O3. The maximum absolute atomic E-state index is 11.8. The summed E-state index contributed by atoms with van der Waals surface area (Å²) >= 11 is 12.0. The lowest BCUT2D eigenvalue weighted by atomic mass is 10.2. The van der Waals surface area contributed by atoms with E-state index in [0.29, 0.717) is 47.5 Å². The second-order valence-electron chi connectivity index (χ2n) is 6.82. The summed E-state index contributed by atoms with van der Waals surface area (Å²) in [6, 6.07) is 3.56. The molecule has 0 spiro atoms. The number of halogens is 2. The fourth-order valence-electron chi connectivity index (χ4n) is 3.36. The molecule has 0 amide bonds. The fourth-order valence-corrected chi connectivity index (χ4v) is 3.71. The Hall–Kier alpha value is -3.31. The number of aryl methyl sites for hydroxylation is 2. The average molecular weight is 477 g/mol. The van der Waals surface area contributed by atoms with Crippen LogP contribution in [0.5, 0.6) is 5.88 Å². The molecule has 4 rings (SSSR count). The Kier molecular flexibility index (Phi) is 6.19. The molecule has 4 aromatic heterocycles. The zero-order chi connectivity index (χ0) is 22.8. The standard InChI is InChI=1S/C19H18Cl2N8O3/c1-3-13-15(29(30)31)18(26-28(13)14-6-4-7-22-11(14)2)32-9-5-8-27-17-12(16(20)25-27)10-23-19(21)24-17/h4,6-7,10H,3,5,8-9H2,1-2H3. The van der Waals surface area contributed by atoms with Gasteiger partial charge >= 0.3 is 11.6 Å². The molecule has 0 bridgehead atoms. The summed E-state index contributed by atoms with van der Waals surface area (Å²) in [6.45, 7) is 4.23. The Morgan fingerprint density at radius 2 is 2.06 bits per heavy atom. The summed E-state index contributed by atoms with van der Waals surface area (Å²) in [4.78, 5) is 23.6. The SMILES string of the molecule is CCc1c([N+](=O)[O-])c(OCCCn2nc(Cl)c3cnc(Cl)nc32)nn1-c1cccnc1C. The second kappa shape index (κ2) is 9.05. The smallest absolute Gasteiger partial charge is 0.353 e. The molecule has 0 radical (unpaired) electrons. The van der Waals surface area contributed by atoms with Gasteiger partial charge in [0.1, 0.15) is 5.69 Å². The zero-order valence-electron chi connectivity index (χ0n) is 17.2. The predicted octanol–water partition coefficient (Wildman–Crippen LogP) is 3.96. The van der Waals surface area contributed by atoms with Crippen molar-refractivity contribution in [3.8, 4) is 11.6 Å². The van der Waals surface area contributed by atoms with E-state index in [1.54, 1.807) is 16.9 Å². The molecule has 0 fully saturated rings. The van der Waals surface area contributed by atoms with Crippen LogP contribution in [0.3, 0.4) is 0 Å². The van der Waals surface area contributed by atoms with Crippen LogP contribution in [0.4, 0.5) is 5.69 Å². The number of nitrogens with zero attached hydrogens (tertiary/aromatic N) is 8. The highest BCUT2D eigenvalue weighted by molar-refractivity contribution is 6.34. The first-order chi connectivity index (χ1) is 15.4. The summed E-state index contributed by atoms with van der Waals surface area (Å²) in [6.07, 6.45) is 4.05. The third-order valence-corrected chi connectivity index (χ3v) is 5.28. The minimum Gasteiger partial charge on any atom is -0.472 e. The summed E-state index contributed by atoms with van der Waals surface area (Å²) in [5.74, 6) is -0.0381. The van der Waals surface area contributed by atoms with Gasteiger partial charge in [0, 0.05) is 25.4 Å². The highest BCUT2D eigenvalue weighted by atomic mass is 35.5. The molecule has 0 aliphatic rings. The first-order valence-corrected chi connectivity index (χ1v) is 10.5. The number of aromatic nitrogens is 7. The van der Waals surface area contributed by atoms with E-state index < -0.39 is 4.92 Å². The van der Waals surface area contributed by atoms with Crippen LogP contribution < -0.4 is 4.74 Å². The number of nitro groups is 1.